The molecule has 30 heavy (non-hydrogen) atoms. The van der Waals surface area contributed by atoms with Gasteiger partial charge in [-0.05, 0) is 64.0 Å². The quantitative estimate of drug-likeness (QED) is 0.654. The summed E-state index contributed by atoms with van der Waals surface area (Å²) in [6, 6.07) is -0.747. The first-order valence-electron chi connectivity index (χ1n) is 10.1. The van der Waals surface area contributed by atoms with E-state index in [-0.39, 0.29) is 4.21 Å². The number of nitrogens with one attached hydrogen (secondary N) is 1. The fraction of sp³-hybridized carbons (Fsp3) is 0.550. The van der Waals surface area contributed by atoms with Crippen LogP contribution in [0.1, 0.15) is 73.0 Å². The van der Waals surface area contributed by atoms with E-state index in [1.165, 1.54) is 12.6 Å². The molecule has 1 atom stereocenters. The minimum atomic E-state index is -3.47. The van der Waals surface area contributed by atoms with Gasteiger partial charge in [0.15, 0.2) is 9.92 Å². The number of thiazole rings is 1. The molecule has 2 aromatic rings. The van der Waals surface area contributed by atoms with Crippen LogP contribution in [0.25, 0.3) is 0 Å². The Morgan fingerprint density at radius 3 is 2.70 bits per heavy atom. The number of aliphatic hydroxyl groups is 1. The first kappa shape index (κ1) is 21.4. The smallest absolute Gasteiger partial charge is 0.354 e. The lowest BCUT2D eigenvalue weighted by Gasteiger charge is -2.28. The fourth-order valence-corrected chi connectivity index (χ4v) is 5.99. The van der Waals surface area contributed by atoms with Gasteiger partial charge in [0.1, 0.15) is 14.8 Å². The van der Waals surface area contributed by atoms with E-state index >= 15 is 0 Å². The maximum Gasteiger partial charge on any atom is 0.354 e. The van der Waals surface area contributed by atoms with E-state index < -0.39 is 21.5 Å². The molecule has 0 aliphatic heterocycles. The normalized spacial score (nSPS) is 18.4. The van der Waals surface area contributed by atoms with Gasteiger partial charge in [-0.1, -0.05) is 6.42 Å². The largest absolute Gasteiger partial charge is 0.383 e. The van der Waals surface area contributed by atoms with Crippen molar-refractivity contribution in [2.24, 2.45) is 9.50 Å². The molecule has 0 aromatic carbocycles. The Balaban J connectivity index is 1.65. The molecule has 2 aliphatic rings. The zero-order valence-electron chi connectivity index (χ0n) is 17.4. The number of hydrogen-bond acceptors (Lipinski definition) is 6. The number of aromatic nitrogens is 2. The van der Waals surface area contributed by atoms with Crippen molar-refractivity contribution in [3.63, 3.8) is 0 Å². The number of aryl methyl sites for hydroxylation is 1. The van der Waals surface area contributed by atoms with Crippen molar-refractivity contribution in [2.45, 2.75) is 75.0 Å². The SMILES string of the molecule is Cc1c(C2CCC2)nc2c(c1NC(=O)N=S(N)(=O)c1cnc(C(C)(C)O)s1)CCC2. The van der Waals surface area contributed by atoms with Gasteiger partial charge in [0.2, 0.25) is 0 Å². The molecule has 1 saturated carbocycles. The Hall–Kier alpha value is -1.88. The van der Waals surface area contributed by atoms with Crippen molar-refractivity contribution in [1.29, 1.82) is 0 Å². The van der Waals surface area contributed by atoms with Gasteiger partial charge in [-0.2, -0.15) is 0 Å². The molecule has 0 radical (unpaired) electrons. The molecule has 8 nitrogen and oxygen atoms in total. The molecular weight excluding hydrogens is 422 g/mol. The van der Waals surface area contributed by atoms with E-state index in [0.29, 0.717) is 10.9 Å². The third kappa shape index (κ3) is 4.01. The summed E-state index contributed by atoms with van der Waals surface area (Å²) in [5, 5.41) is 19.2. The van der Waals surface area contributed by atoms with E-state index in [2.05, 4.69) is 14.7 Å². The molecule has 1 unspecified atom stereocenters. The van der Waals surface area contributed by atoms with E-state index in [0.717, 1.165) is 71.6 Å². The molecule has 162 valence electrons. The van der Waals surface area contributed by atoms with Gasteiger partial charge in [-0.25, -0.2) is 19.1 Å². The number of carbonyl (C=O) groups is 1. The average Bonchev–Trinajstić information content (AvgIpc) is 3.25. The van der Waals surface area contributed by atoms with Gasteiger partial charge in [-0.3, -0.25) is 4.98 Å². The molecule has 1 fully saturated rings. The molecule has 0 saturated heterocycles. The number of anilines is 1. The standard InChI is InChI=1S/C20H27N5O3S2/c1-11-16(12-6-4-7-12)23-14-9-5-8-13(14)17(11)24-19(26)25-30(21,28)15-10-22-18(29-15)20(2,3)27/h10,12,27H,4-9H2,1-3H3,(H3,21,23,24,25,26,28). The maximum absolute atomic E-state index is 12.9. The van der Waals surface area contributed by atoms with Crippen LogP contribution in [0, 0.1) is 6.92 Å². The van der Waals surface area contributed by atoms with Crippen LogP contribution in [-0.2, 0) is 28.4 Å². The number of carbonyl (C=O) groups excluding carboxylic acids is 1. The predicted octanol–water partition coefficient (Wildman–Crippen LogP) is 3.76. The summed E-state index contributed by atoms with van der Waals surface area (Å²) in [7, 11) is -3.47. The second kappa shape index (κ2) is 7.67. The summed E-state index contributed by atoms with van der Waals surface area (Å²) in [6.07, 6.45) is 7.52. The third-order valence-electron chi connectivity index (χ3n) is 5.74. The monoisotopic (exact) mass is 449 g/mol. The van der Waals surface area contributed by atoms with Crippen molar-refractivity contribution >= 4 is 33.0 Å². The molecule has 2 aromatic heterocycles. The van der Waals surface area contributed by atoms with Crippen molar-refractivity contribution < 1.29 is 14.1 Å². The minimum absolute atomic E-state index is 0.154. The molecule has 4 rings (SSSR count). The van der Waals surface area contributed by atoms with Crippen molar-refractivity contribution in [3.05, 3.63) is 33.7 Å². The molecule has 4 N–H and O–H groups in total. The van der Waals surface area contributed by atoms with E-state index in [4.69, 9.17) is 10.1 Å². The van der Waals surface area contributed by atoms with E-state index in [1.54, 1.807) is 13.8 Å². The highest BCUT2D eigenvalue weighted by Gasteiger charge is 2.29. The molecule has 0 bridgehead atoms. The van der Waals surface area contributed by atoms with Crippen molar-refractivity contribution in [2.75, 3.05) is 5.32 Å². The first-order chi connectivity index (χ1) is 14.1. The second-order valence-corrected chi connectivity index (χ2v) is 11.6. The number of pyridine rings is 1. The Bertz CT molecular complexity index is 1120. The van der Waals surface area contributed by atoms with Crippen LogP contribution < -0.4 is 10.5 Å². The van der Waals surface area contributed by atoms with Gasteiger partial charge in [0.25, 0.3) is 0 Å². The lowest BCUT2D eigenvalue weighted by molar-refractivity contribution is 0.0783. The molecule has 2 amide bonds. The Kier molecular flexibility index (Phi) is 5.46. The van der Waals surface area contributed by atoms with E-state index in [9.17, 15) is 14.1 Å². The van der Waals surface area contributed by atoms with Crippen LogP contribution >= 0.6 is 11.3 Å². The zero-order chi connectivity index (χ0) is 21.7. The molecule has 0 spiro atoms. The number of fused-ring (bicyclic) bond motifs is 1. The Morgan fingerprint density at radius 2 is 2.10 bits per heavy atom. The second-order valence-electron chi connectivity index (χ2n) is 8.54. The number of hydrogen-bond donors (Lipinski definition) is 3. The number of amides is 2. The first-order valence-corrected chi connectivity index (χ1v) is 12.5. The number of nitrogens with zero attached hydrogens (tertiary/aromatic N) is 3. The number of urea groups is 1. The lowest BCUT2D eigenvalue weighted by atomic mass is 9.80. The maximum atomic E-state index is 12.9. The zero-order valence-corrected chi connectivity index (χ0v) is 19.0. The van der Waals surface area contributed by atoms with Gasteiger partial charge < -0.3 is 10.4 Å². The highest BCUT2D eigenvalue weighted by Crippen LogP contribution is 2.41. The fourth-order valence-electron chi connectivity index (χ4n) is 3.93. The highest BCUT2D eigenvalue weighted by atomic mass is 32.2. The van der Waals surface area contributed by atoms with Crippen LogP contribution in [0.5, 0.6) is 0 Å². The van der Waals surface area contributed by atoms with E-state index in [1.807, 2.05) is 6.92 Å². The van der Waals surface area contributed by atoms with Crippen LogP contribution in [0.4, 0.5) is 10.5 Å². The summed E-state index contributed by atoms with van der Waals surface area (Å²) < 4.78 is 16.8. The molecule has 10 heteroatoms. The van der Waals surface area contributed by atoms with Crippen LogP contribution in [0.2, 0.25) is 0 Å². The highest BCUT2D eigenvalue weighted by molar-refractivity contribution is 7.93. The van der Waals surface area contributed by atoms with Crippen molar-refractivity contribution in [1.82, 2.24) is 9.97 Å². The third-order valence-corrected chi connectivity index (χ3v) is 8.93. The number of nitrogens with two attached hydrogens (primary N) is 1. The predicted molar refractivity (Wildman–Crippen MR) is 117 cm³/mol. The van der Waals surface area contributed by atoms with Crippen LogP contribution in [0.15, 0.2) is 14.8 Å². The topological polar surface area (TPSA) is 131 Å². The summed E-state index contributed by atoms with van der Waals surface area (Å²) in [5.74, 6) is 0.444. The molecule has 2 heterocycles. The van der Waals surface area contributed by atoms with Crippen molar-refractivity contribution in [3.8, 4) is 0 Å². The summed E-state index contributed by atoms with van der Waals surface area (Å²) >= 11 is 0.990. The Morgan fingerprint density at radius 1 is 1.37 bits per heavy atom. The summed E-state index contributed by atoms with van der Waals surface area (Å²) in [6.45, 7) is 5.13. The lowest BCUT2D eigenvalue weighted by Crippen LogP contribution is -2.20. The minimum Gasteiger partial charge on any atom is -0.383 e. The Labute approximate surface area is 180 Å². The molecular formula is C20H27N5O3S2. The van der Waals surface area contributed by atoms with Crippen LogP contribution in [0.3, 0.4) is 0 Å². The van der Waals surface area contributed by atoms with Gasteiger partial charge in [-0.15, -0.1) is 15.7 Å². The summed E-state index contributed by atoms with van der Waals surface area (Å²) in [4.78, 5) is 21.7. The average molecular weight is 450 g/mol. The van der Waals surface area contributed by atoms with Crippen LogP contribution in [-0.4, -0.2) is 25.3 Å². The summed E-state index contributed by atoms with van der Waals surface area (Å²) in [5.41, 5.74) is 3.67. The number of rotatable bonds is 4. The van der Waals surface area contributed by atoms with Gasteiger partial charge in [0.05, 0.1) is 11.9 Å². The molecule has 2 aliphatic carbocycles. The van der Waals surface area contributed by atoms with Gasteiger partial charge >= 0.3 is 6.03 Å². The van der Waals surface area contributed by atoms with Gasteiger partial charge in [0, 0.05) is 17.3 Å².